The highest BCUT2D eigenvalue weighted by atomic mass is 16.6. The zero-order valence-electron chi connectivity index (χ0n) is 15.7. The minimum atomic E-state index is -0.411. The Morgan fingerprint density at radius 1 is 1.14 bits per heavy atom. The van der Waals surface area contributed by atoms with E-state index in [-0.39, 0.29) is 24.0 Å². The summed E-state index contributed by atoms with van der Waals surface area (Å²) in [6, 6.07) is 7.06. The summed E-state index contributed by atoms with van der Waals surface area (Å²) in [5.41, 5.74) is 1.32. The van der Waals surface area contributed by atoms with Gasteiger partial charge in [-0.3, -0.25) is 9.89 Å². The molecule has 1 unspecified atom stereocenters. The van der Waals surface area contributed by atoms with Crippen molar-refractivity contribution in [1.29, 1.82) is 0 Å². The number of fused-ring (bicyclic) bond motifs is 7. The molecular weight excluding hydrogens is 360 g/mol. The van der Waals surface area contributed by atoms with E-state index >= 15 is 0 Å². The van der Waals surface area contributed by atoms with Crippen LogP contribution in [0.25, 0.3) is 0 Å². The fourth-order valence-electron chi connectivity index (χ4n) is 3.66. The number of rotatable bonds is 0. The molecule has 2 aromatic heterocycles. The Hall–Kier alpha value is -3.10. The highest BCUT2D eigenvalue weighted by Crippen LogP contribution is 2.36. The predicted octanol–water partition coefficient (Wildman–Crippen LogP) is 2.43. The molecule has 9 heteroatoms. The second-order valence-electron chi connectivity index (χ2n) is 7.37. The number of carbonyl (C=O) groups is 2. The van der Waals surface area contributed by atoms with Crippen LogP contribution in [0.4, 0.5) is 16.4 Å². The number of carbonyl (C=O) groups excluding carboxylic acids is 2. The Morgan fingerprint density at radius 3 is 2.93 bits per heavy atom. The third kappa shape index (κ3) is 4.24. The number of ether oxygens (including phenoxy) is 1. The Labute approximate surface area is 162 Å². The van der Waals surface area contributed by atoms with Crippen LogP contribution in [0.15, 0.2) is 24.3 Å². The molecule has 148 valence electrons. The van der Waals surface area contributed by atoms with E-state index < -0.39 is 6.09 Å². The lowest BCUT2D eigenvalue weighted by atomic mass is 10.0. The number of nitrogens with one attached hydrogen (secondary N) is 4. The zero-order chi connectivity index (χ0) is 19.5. The maximum Gasteiger partial charge on any atom is 0.407 e. The zero-order valence-corrected chi connectivity index (χ0v) is 15.7. The molecule has 3 heterocycles. The van der Waals surface area contributed by atoms with Gasteiger partial charge in [0.15, 0.2) is 5.82 Å². The highest BCUT2D eigenvalue weighted by Gasteiger charge is 2.30. The number of hydrogen-bond acceptors (Lipinski definition) is 6. The van der Waals surface area contributed by atoms with Gasteiger partial charge < -0.3 is 20.7 Å². The number of alkyl carbamates (subject to hydrolysis) is 1. The van der Waals surface area contributed by atoms with Gasteiger partial charge in [0.1, 0.15) is 17.6 Å². The van der Waals surface area contributed by atoms with E-state index in [1.807, 2.05) is 13.0 Å². The molecule has 0 spiro atoms. The minimum Gasteiger partial charge on any atom is -0.446 e. The summed E-state index contributed by atoms with van der Waals surface area (Å²) in [6.45, 7) is 2.31. The first kappa shape index (κ1) is 18.3. The molecule has 2 aromatic rings. The normalized spacial score (nSPS) is 25.5. The summed E-state index contributed by atoms with van der Waals surface area (Å²) in [4.78, 5) is 28.8. The number of nitrogens with zero attached hydrogens (tertiary/aromatic N) is 2. The van der Waals surface area contributed by atoms with Gasteiger partial charge in [-0.1, -0.05) is 6.07 Å². The van der Waals surface area contributed by atoms with Crippen LogP contribution in [-0.2, 0) is 4.74 Å². The SMILES string of the molecule is C[C@@H]1CCNC(=O)O[C@@H]2CCC(C2)c2cc(n[nH]2)Nc2cccc(n2)C(=O)N1. The van der Waals surface area contributed by atoms with Crippen LogP contribution in [0.1, 0.15) is 54.7 Å². The Balaban J connectivity index is 1.56. The van der Waals surface area contributed by atoms with E-state index in [9.17, 15) is 9.59 Å². The summed E-state index contributed by atoms with van der Waals surface area (Å²) >= 11 is 0. The Morgan fingerprint density at radius 2 is 2.04 bits per heavy atom. The molecule has 0 aromatic carbocycles. The molecule has 0 saturated heterocycles. The van der Waals surface area contributed by atoms with Crippen molar-refractivity contribution in [3.63, 3.8) is 0 Å². The topological polar surface area (TPSA) is 121 Å². The fourth-order valence-corrected chi connectivity index (χ4v) is 3.66. The average Bonchev–Trinajstić information content (AvgIpc) is 3.30. The Bertz CT molecular complexity index is 867. The van der Waals surface area contributed by atoms with Crippen LogP contribution in [0.3, 0.4) is 0 Å². The second-order valence-corrected chi connectivity index (χ2v) is 7.37. The molecule has 4 rings (SSSR count). The first-order chi connectivity index (χ1) is 13.6. The van der Waals surface area contributed by atoms with Crippen molar-refractivity contribution in [3.8, 4) is 0 Å². The summed E-state index contributed by atoms with van der Waals surface area (Å²) in [7, 11) is 0. The van der Waals surface area contributed by atoms with Crippen molar-refractivity contribution in [3.05, 3.63) is 35.7 Å². The van der Waals surface area contributed by atoms with Crippen molar-refractivity contribution in [2.75, 3.05) is 11.9 Å². The molecule has 1 fully saturated rings. The summed E-state index contributed by atoms with van der Waals surface area (Å²) < 4.78 is 5.53. The third-order valence-corrected chi connectivity index (χ3v) is 5.16. The molecular formula is C19H24N6O3. The standard InChI is InChI=1S/C19H24N6O3/c1-11-7-8-20-19(27)28-13-6-5-12(9-13)15-10-17(25-24-15)23-16-4-2-3-14(22-16)18(26)21-11/h2-4,10-13H,5-9H2,1H3,(H,20,27)(H,21,26)(H2,22,23,24,25)/t11-,12?,13-/m1/s1. The van der Waals surface area contributed by atoms with Gasteiger partial charge in [-0.2, -0.15) is 5.10 Å². The molecule has 9 nitrogen and oxygen atoms in total. The van der Waals surface area contributed by atoms with Crippen molar-refractivity contribution in [2.45, 2.75) is 50.7 Å². The summed E-state index contributed by atoms with van der Waals surface area (Å²) in [6.07, 6.45) is 2.62. The molecule has 2 aliphatic rings. The first-order valence-corrected chi connectivity index (χ1v) is 9.61. The first-order valence-electron chi connectivity index (χ1n) is 9.61. The van der Waals surface area contributed by atoms with Crippen LogP contribution in [0, 0.1) is 0 Å². The van der Waals surface area contributed by atoms with Gasteiger partial charge in [-0.25, -0.2) is 9.78 Å². The number of H-pyrrole nitrogens is 1. The van der Waals surface area contributed by atoms with Gasteiger partial charge in [0.2, 0.25) is 0 Å². The van der Waals surface area contributed by atoms with Crippen molar-refractivity contribution in [2.24, 2.45) is 0 Å². The maximum atomic E-state index is 12.4. The molecule has 3 atom stereocenters. The lowest BCUT2D eigenvalue weighted by Crippen LogP contribution is -2.37. The van der Waals surface area contributed by atoms with E-state index in [0.29, 0.717) is 30.3 Å². The van der Waals surface area contributed by atoms with Gasteiger partial charge in [0.25, 0.3) is 5.91 Å². The Kier molecular flexibility index (Phi) is 5.14. The molecule has 4 N–H and O–H groups in total. The van der Waals surface area contributed by atoms with E-state index in [1.165, 1.54) is 0 Å². The van der Waals surface area contributed by atoms with Crippen molar-refractivity contribution < 1.29 is 14.3 Å². The molecule has 0 radical (unpaired) electrons. The van der Waals surface area contributed by atoms with Crippen molar-refractivity contribution in [1.82, 2.24) is 25.8 Å². The monoisotopic (exact) mass is 384 g/mol. The van der Waals surface area contributed by atoms with Crippen molar-refractivity contribution >= 4 is 23.6 Å². The van der Waals surface area contributed by atoms with Crippen LogP contribution in [-0.4, -0.2) is 45.9 Å². The average molecular weight is 384 g/mol. The smallest absolute Gasteiger partial charge is 0.407 e. The second kappa shape index (κ2) is 7.87. The van der Waals surface area contributed by atoms with Crippen LogP contribution < -0.4 is 16.0 Å². The highest BCUT2D eigenvalue weighted by molar-refractivity contribution is 5.92. The number of aromatic amines is 1. The molecule has 6 bridgehead atoms. The number of pyridine rings is 1. The van der Waals surface area contributed by atoms with Crippen LogP contribution in [0.5, 0.6) is 0 Å². The quantitative estimate of drug-likeness (QED) is 0.554. The summed E-state index contributed by atoms with van der Waals surface area (Å²) in [5.74, 6) is 1.20. The summed E-state index contributed by atoms with van der Waals surface area (Å²) in [5, 5.41) is 16.1. The number of aromatic nitrogens is 3. The van der Waals surface area contributed by atoms with Gasteiger partial charge in [0.05, 0.1) is 0 Å². The van der Waals surface area contributed by atoms with Crippen LogP contribution in [0.2, 0.25) is 0 Å². The van der Waals surface area contributed by atoms with Gasteiger partial charge >= 0.3 is 6.09 Å². The van der Waals surface area contributed by atoms with E-state index in [0.717, 1.165) is 25.0 Å². The molecule has 2 amide bonds. The molecule has 1 saturated carbocycles. The largest absolute Gasteiger partial charge is 0.446 e. The minimum absolute atomic E-state index is 0.0981. The molecule has 1 aliphatic heterocycles. The third-order valence-electron chi connectivity index (χ3n) is 5.16. The lowest BCUT2D eigenvalue weighted by molar-refractivity contribution is 0.0932. The van der Waals surface area contributed by atoms with Gasteiger partial charge in [0, 0.05) is 30.3 Å². The van der Waals surface area contributed by atoms with Gasteiger partial charge in [-0.05, 0) is 44.7 Å². The molecule has 28 heavy (non-hydrogen) atoms. The van der Waals surface area contributed by atoms with E-state index in [1.54, 1.807) is 18.2 Å². The van der Waals surface area contributed by atoms with Crippen LogP contribution >= 0.6 is 0 Å². The number of anilines is 2. The number of hydrogen-bond donors (Lipinski definition) is 4. The maximum absolute atomic E-state index is 12.4. The fraction of sp³-hybridized carbons (Fsp3) is 0.474. The number of amides is 2. The van der Waals surface area contributed by atoms with Gasteiger partial charge in [-0.15, -0.1) is 0 Å². The predicted molar refractivity (Wildman–Crippen MR) is 103 cm³/mol. The van der Waals surface area contributed by atoms with E-state index in [2.05, 4.69) is 31.1 Å². The van der Waals surface area contributed by atoms with E-state index in [4.69, 9.17) is 4.74 Å². The lowest BCUT2D eigenvalue weighted by Gasteiger charge is -2.16. The molecule has 1 aliphatic carbocycles.